The molecule has 0 atom stereocenters. The molecule has 1 aliphatic rings. The third-order valence-electron chi connectivity index (χ3n) is 3.97. The van der Waals surface area contributed by atoms with E-state index in [1.54, 1.807) is 18.2 Å². The SMILES string of the molecule is Cc1cccc(OCC(=O)NC(=S)Nc2ccc3c(c2)OCCO3)c1C. The first-order chi connectivity index (χ1) is 12.5. The second-order valence-electron chi connectivity index (χ2n) is 5.85. The predicted molar refractivity (Wildman–Crippen MR) is 103 cm³/mol. The lowest BCUT2D eigenvalue weighted by molar-refractivity contribution is -0.121. The van der Waals surface area contributed by atoms with Crippen LogP contribution in [0.25, 0.3) is 0 Å². The fourth-order valence-corrected chi connectivity index (χ4v) is 2.70. The van der Waals surface area contributed by atoms with Gasteiger partial charge in [-0.15, -0.1) is 0 Å². The maximum absolute atomic E-state index is 12.0. The summed E-state index contributed by atoms with van der Waals surface area (Å²) in [6, 6.07) is 11.1. The number of carbonyl (C=O) groups is 1. The molecular weight excluding hydrogens is 352 g/mol. The molecule has 0 aliphatic carbocycles. The van der Waals surface area contributed by atoms with E-state index in [1.165, 1.54) is 0 Å². The summed E-state index contributed by atoms with van der Waals surface area (Å²) in [5.41, 5.74) is 2.82. The number of aryl methyl sites for hydroxylation is 1. The van der Waals surface area contributed by atoms with Gasteiger partial charge in [-0.2, -0.15) is 0 Å². The van der Waals surface area contributed by atoms with E-state index in [2.05, 4.69) is 10.6 Å². The van der Waals surface area contributed by atoms with Crippen molar-refractivity contribution in [3.63, 3.8) is 0 Å². The van der Waals surface area contributed by atoms with Crippen LogP contribution in [0.5, 0.6) is 17.2 Å². The third kappa shape index (κ3) is 4.43. The molecule has 0 aromatic heterocycles. The average molecular weight is 372 g/mol. The molecule has 2 N–H and O–H groups in total. The first-order valence-corrected chi connectivity index (χ1v) is 8.63. The van der Waals surface area contributed by atoms with E-state index in [1.807, 2.05) is 32.0 Å². The van der Waals surface area contributed by atoms with Crippen molar-refractivity contribution < 1.29 is 19.0 Å². The molecule has 0 saturated carbocycles. The van der Waals surface area contributed by atoms with Gasteiger partial charge in [-0.1, -0.05) is 12.1 Å². The molecule has 0 fully saturated rings. The van der Waals surface area contributed by atoms with Crippen molar-refractivity contribution in [1.29, 1.82) is 0 Å². The van der Waals surface area contributed by atoms with Crippen LogP contribution in [-0.2, 0) is 4.79 Å². The van der Waals surface area contributed by atoms with Gasteiger partial charge in [0.1, 0.15) is 19.0 Å². The number of hydrogen-bond acceptors (Lipinski definition) is 5. The van der Waals surface area contributed by atoms with Crippen LogP contribution >= 0.6 is 12.2 Å². The van der Waals surface area contributed by atoms with Crippen LogP contribution in [0.15, 0.2) is 36.4 Å². The summed E-state index contributed by atoms with van der Waals surface area (Å²) >= 11 is 5.17. The van der Waals surface area contributed by atoms with Gasteiger partial charge in [0.05, 0.1) is 0 Å². The molecule has 1 amide bonds. The van der Waals surface area contributed by atoms with E-state index in [0.717, 1.165) is 11.1 Å². The second-order valence-corrected chi connectivity index (χ2v) is 6.26. The number of hydrogen-bond donors (Lipinski definition) is 2. The Morgan fingerprint density at radius 3 is 2.73 bits per heavy atom. The Kier molecular flexibility index (Phi) is 5.58. The van der Waals surface area contributed by atoms with E-state index in [-0.39, 0.29) is 17.6 Å². The van der Waals surface area contributed by atoms with E-state index in [9.17, 15) is 4.79 Å². The number of ether oxygens (including phenoxy) is 3. The zero-order valence-electron chi connectivity index (χ0n) is 14.6. The van der Waals surface area contributed by atoms with Crippen molar-refractivity contribution in [3.05, 3.63) is 47.5 Å². The van der Waals surface area contributed by atoms with Crippen molar-refractivity contribution in [2.24, 2.45) is 0 Å². The van der Waals surface area contributed by atoms with Crippen LogP contribution in [0.4, 0.5) is 5.69 Å². The minimum Gasteiger partial charge on any atom is -0.486 e. The van der Waals surface area contributed by atoms with Gasteiger partial charge >= 0.3 is 0 Å². The summed E-state index contributed by atoms with van der Waals surface area (Å²) in [5.74, 6) is 1.69. The number of benzene rings is 2. The molecule has 6 nitrogen and oxygen atoms in total. The van der Waals surface area contributed by atoms with Crippen LogP contribution in [0, 0.1) is 13.8 Å². The molecule has 0 saturated heterocycles. The lowest BCUT2D eigenvalue weighted by Crippen LogP contribution is -2.37. The number of anilines is 1. The van der Waals surface area contributed by atoms with Gasteiger partial charge < -0.3 is 19.5 Å². The van der Waals surface area contributed by atoms with Gasteiger partial charge in [0, 0.05) is 11.8 Å². The molecule has 26 heavy (non-hydrogen) atoms. The second kappa shape index (κ2) is 8.05. The summed E-state index contributed by atoms with van der Waals surface area (Å²) in [4.78, 5) is 12.0. The largest absolute Gasteiger partial charge is 0.486 e. The number of amides is 1. The number of carbonyl (C=O) groups excluding carboxylic acids is 1. The van der Waals surface area contributed by atoms with Gasteiger partial charge in [-0.05, 0) is 55.4 Å². The van der Waals surface area contributed by atoms with Crippen LogP contribution in [-0.4, -0.2) is 30.8 Å². The predicted octanol–water partition coefficient (Wildman–Crippen LogP) is 2.97. The normalized spacial score (nSPS) is 12.2. The first kappa shape index (κ1) is 18.0. The van der Waals surface area contributed by atoms with Crippen molar-refractivity contribution >= 4 is 28.9 Å². The number of thiocarbonyl (C=S) groups is 1. The highest BCUT2D eigenvalue weighted by Gasteiger charge is 2.13. The molecule has 3 rings (SSSR count). The Balaban J connectivity index is 1.51. The van der Waals surface area contributed by atoms with Crippen LogP contribution in [0.1, 0.15) is 11.1 Å². The fraction of sp³-hybridized carbons (Fsp3) is 0.263. The van der Waals surface area contributed by atoms with Gasteiger partial charge in [-0.3, -0.25) is 10.1 Å². The summed E-state index contributed by atoms with van der Waals surface area (Å²) < 4.78 is 16.6. The Morgan fingerprint density at radius 2 is 1.92 bits per heavy atom. The Morgan fingerprint density at radius 1 is 1.15 bits per heavy atom. The van der Waals surface area contributed by atoms with Crippen LogP contribution in [0.3, 0.4) is 0 Å². The van der Waals surface area contributed by atoms with E-state index >= 15 is 0 Å². The quantitative estimate of drug-likeness (QED) is 0.805. The maximum atomic E-state index is 12.0. The summed E-state index contributed by atoms with van der Waals surface area (Å²) in [7, 11) is 0. The molecule has 2 aromatic rings. The highest BCUT2D eigenvalue weighted by Crippen LogP contribution is 2.32. The number of fused-ring (bicyclic) bond motifs is 1. The minimum absolute atomic E-state index is 0.118. The third-order valence-corrected chi connectivity index (χ3v) is 4.17. The van der Waals surface area contributed by atoms with Crippen LogP contribution < -0.4 is 24.8 Å². The van der Waals surface area contributed by atoms with Gasteiger partial charge in [0.2, 0.25) is 0 Å². The molecular formula is C19H20N2O4S. The summed E-state index contributed by atoms with van der Waals surface area (Å²) in [5, 5.41) is 5.74. The highest BCUT2D eigenvalue weighted by atomic mass is 32.1. The highest BCUT2D eigenvalue weighted by molar-refractivity contribution is 7.80. The van der Waals surface area contributed by atoms with Crippen molar-refractivity contribution in [2.45, 2.75) is 13.8 Å². The molecule has 0 bridgehead atoms. The minimum atomic E-state index is -0.332. The molecule has 0 unspecified atom stereocenters. The Labute approximate surface area is 157 Å². The number of nitrogens with one attached hydrogen (secondary N) is 2. The monoisotopic (exact) mass is 372 g/mol. The molecule has 2 aromatic carbocycles. The first-order valence-electron chi connectivity index (χ1n) is 8.22. The smallest absolute Gasteiger partial charge is 0.264 e. The van der Waals surface area contributed by atoms with Crippen molar-refractivity contribution in [2.75, 3.05) is 25.1 Å². The summed E-state index contributed by atoms with van der Waals surface area (Å²) in [6.45, 7) is 4.88. The number of rotatable bonds is 4. The van der Waals surface area contributed by atoms with E-state index in [0.29, 0.717) is 36.1 Å². The Bertz CT molecular complexity index is 838. The standard InChI is InChI=1S/C19H20N2O4S/c1-12-4-3-5-15(13(12)2)25-11-18(22)21-19(26)20-14-6-7-16-17(10-14)24-9-8-23-16/h3-7,10H,8-9,11H2,1-2H3,(H2,20,21,22,26). The van der Waals surface area contributed by atoms with Gasteiger partial charge in [0.25, 0.3) is 5.91 Å². The molecule has 0 spiro atoms. The molecule has 136 valence electrons. The molecule has 7 heteroatoms. The van der Waals surface area contributed by atoms with Crippen molar-refractivity contribution in [3.8, 4) is 17.2 Å². The molecule has 0 radical (unpaired) electrons. The van der Waals surface area contributed by atoms with Gasteiger partial charge in [-0.25, -0.2) is 0 Å². The van der Waals surface area contributed by atoms with E-state index < -0.39 is 0 Å². The van der Waals surface area contributed by atoms with Crippen LogP contribution in [0.2, 0.25) is 0 Å². The Hall–Kier alpha value is -2.80. The van der Waals surface area contributed by atoms with Gasteiger partial charge in [0.15, 0.2) is 23.2 Å². The average Bonchev–Trinajstić information content (AvgIpc) is 2.62. The zero-order valence-corrected chi connectivity index (χ0v) is 15.4. The topological polar surface area (TPSA) is 68.8 Å². The lowest BCUT2D eigenvalue weighted by Gasteiger charge is -2.19. The fourth-order valence-electron chi connectivity index (χ4n) is 2.47. The molecule has 1 aliphatic heterocycles. The zero-order chi connectivity index (χ0) is 18.5. The summed E-state index contributed by atoms with van der Waals surface area (Å²) in [6.07, 6.45) is 0. The van der Waals surface area contributed by atoms with Crippen molar-refractivity contribution in [1.82, 2.24) is 5.32 Å². The lowest BCUT2D eigenvalue weighted by atomic mass is 10.1. The molecule has 1 heterocycles. The maximum Gasteiger partial charge on any atom is 0.264 e. The van der Waals surface area contributed by atoms with E-state index in [4.69, 9.17) is 26.4 Å².